The zero-order chi connectivity index (χ0) is 16.1. The molecule has 0 atom stereocenters. The number of aromatic amines is 1. The van der Waals surface area contributed by atoms with Crippen molar-refractivity contribution in [3.05, 3.63) is 75.5 Å². The molecule has 1 aliphatic heterocycles. The van der Waals surface area contributed by atoms with Crippen molar-refractivity contribution in [3.8, 4) is 0 Å². The molecule has 0 bridgehead atoms. The van der Waals surface area contributed by atoms with E-state index in [-0.39, 0.29) is 11.0 Å². The molecule has 1 aliphatic carbocycles. The van der Waals surface area contributed by atoms with Crippen LogP contribution in [0.25, 0.3) is 10.8 Å². The Morgan fingerprint density at radius 3 is 2.75 bits per heavy atom. The normalized spacial score (nSPS) is 18.3. The van der Waals surface area contributed by atoms with Crippen molar-refractivity contribution in [2.24, 2.45) is 0 Å². The highest BCUT2D eigenvalue weighted by Gasteiger charge is 2.49. The lowest BCUT2D eigenvalue weighted by atomic mass is 9.89. The fraction of sp³-hybridized carbons (Fsp3) is 0.300. The van der Waals surface area contributed by atoms with Crippen molar-refractivity contribution in [2.45, 2.75) is 31.2 Å². The molecule has 1 aromatic heterocycles. The first kappa shape index (κ1) is 13.9. The summed E-state index contributed by atoms with van der Waals surface area (Å²) < 4.78 is 0. The summed E-state index contributed by atoms with van der Waals surface area (Å²) in [7, 11) is 0. The maximum atomic E-state index is 12.5. The molecule has 3 aromatic rings. The van der Waals surface area contributed by atoms with Crippen LogP contribution in [0.3, 0.4) is 0 Å². The van der Waals surface area contributed by atoms with Gasteiger partial charge in [-0.3, -0.25) is 4.79 Å². The second kappa shape index (κ2) is 5.02. The van der Waals surface area contributed by atoms with E-state index in [1.54, 1.807) is 0 Å². The zero-order valence-electron chi connectivity index (χ0n) is 13.4. The monoisotopic (exact) mass is 317 g/mol. The first-order chi connectivity index (χ1) is 11.8. The van der Waals surface area contributed by atoms with E-state index in [0.29, 0.717) is 6.54 Å². The Hall–Kier alpha value is -2.46. The second-order valence-corrected chi connectivity index (χ2v) is 6.88. The van der Waals surface area contributed by atoms with Gasteiger partial charge in [0.15, 0.2) is 0 Å². The lowest BCUT2D eigenvalue weighted by molar-refractivity contribution is 0.605. The van der Waals surface area contributed by atoms with E-state index >= 15 is 0 Å². The number of nitrogens with one attached hydrogen (secondary N) is 2. The van der Waals surface area contributed by atoms with Crippen molar-refractivity contribution in [1.29, 1.82) is 0 Å². The number of hydrogen-bond donors (Lipinski definition) is 2. The summed E-state index contributed by atoms with van der Waals surface area (Å²) in [6.45, 7) is 1.52. The van der Waals surface area contributed by atoms with Crippen LogP contribution in [0, 0.1) is 0 Å². The summed E-state index contributed by atoms with van der Waals surface area (Å²) in [5, 5.41) is 5.76. The molecule has 5 rings (SSSR count). The second-order valence-electron chi connectivity index (χ2n) is 6.88. The molecule has 120 valence electrons. The van der Waals surface area contributed by atoms with Crippen LogP contribution >= 0.6 is 0 Å². The van der Waals surface area contributed by atoms with Gasteiger partial charge in [-0.05, 0) is 29.2 Å². The molecule has 0 saturated heterocycles. The van der Waals surface area contributed by atoms with Crippen LogP contribution in [-0.4, -0.2) is 16.5 Å². The highest BCUT2D eigenvalue weighted by Crippen LogP contribution is 2.53. The number of nitrogens with zero attached hydrogens (tertiary/aromatic N) is 1. The molecular formula is C20H19N3O. The van der Waals surface area contributed by atoms with Crippen molar-refractivity contribution in [1.82, 2.24) is 15.3 Å². The van der Waals surface area contributed by atoms with Gasteiger partial charge in [0.2, 0.25) is 0 Å². The van der Waals surface area contributed by atoms with Gasteiger partial charge in [-0.25, -0.2) is 4.98 Å². The summed E-state index contributed by atoms with van der Waals surface area (Å²) in [4.78, 5) is 20.5. The van der Waals surface area contributed by atoms with Crippen LogP contribution in [0.2, 0.25) is 0 Å². The Morgan fingerprint density at radius 1 is 1.04 bits per heavy atom. The van der Waals surface area contributed by atoms with Gasteiger partial charge in [0.1, 0.15) is 5.82 Å². The SMILES string of the molecule is O=c1[nH]c(C2(c3cccc4ccccc34)CC2)nc2c1CNCC2. The summed E-state index contributed by atoms with van der Waals surface area (Å²) in [5.74, 6) is 0.851. The molecule has 0 unspecified atom stereocenters. The molecule has 4 nitrogen and oxygen atoms in total. The molecule has 0 radical (unpaired) electrons. The van der Waals surface area contributed by atoms with E-state index in [0.717, 1.165) is 42.9 Å². The van der Waals surface area contributed by atoms with Crippen molar-refractivity contribution in [3.63, 3.8) is 0 Å². The van der Waals surface area contributed by atoms with Gasteiger partial charge in [-0.2, -0.15) is 0 Å². The molecule has 24 heavy (non-hydrogen) atoms. The predicted octanol–water partition coefficient (Wildman–Crippen LogP) is 2.65. The molecule has 1 fully saturated rings. The van der Waals surface area contributed by atoms with E-state index in [4.69, 9.17) is 4.98 Å². The Labute approximate surface area is 139 Å². The van der Waals surface area contributed by atoms with E-state index in [9.17, 15) is 4.79 Å². The highest BCUT2D eigenvalue weighted by molar-refractivity contribution is 5.87. The maximum absolute atomic E-state index is 12.5. The van der Waals surface area contributed by atoms with Gasteiger partial charge < -0.3 is 10.3 Å². The predicted molar refractivity (Wildman–Crippen MR) is 94.2 cm³/mol. The fourth-order valence-corrected chi connectivity index (χ4v) is 3.98. The topological polar surface area (TPSA) is 57.8 Å². The van der Waals surface area contributed by atoms with Crippen LogP contribution in [-0.2, 0) is 18.4 Å². The van der Waals surface area contributed by atoms with Crippen LogP contribution in [0.1, 0.15) is 35.5 Å². The molecule has 0 spiro atoms. The molecule has 2 aliphatic rings. The van der Waals surface area contributed by atoms with Crippen LogP contribution in [0.5, 0.6) is 0 Å². The van der Waals surface area contributed by atoms with E-state index in [2.05, 4.69) is 52.8 Å². The Bertz CT molecular complexity index is 996. The van der Waals surface area contributed by atoms with Gasteiger partial charge in [0.25, 0.3) is 5.56 Å². The van der Waals surface area contributed by atoms with E-state index in [1.165, 1.54) is 16.3 Å². The average Bonchev–Trinajstić information content (AvgIpc) is 3.43. The lowest BCUT2D eigenvalue weighted by Gasteiger charge is -2.21. The molecule has 2 heterocycles. The third-order valence-corrected chi connectivity index (χ3v) is 5.45. The largest absolute Gasteiger partial charge is 0.312 e. The number of fused-ring (bicyclic) bond motifs is 2. The summed E-state index contributed by atoms with van der Waals surface area (Å²) >= 11 is 0. The van der Waals surface area contributed by atoms with Gasteiger partial charge in [-0.15, -0.1) is 0 Å². The first-order valence-corrected chi connectivity index (χ1v) is 8.59. The first-order valence-electron chi connectivity index (χ1n) is 8.59. The minimum absolute atomic E-state index is 0.0220. The molecule has 2 N–H and O–H groups in total. The fourth-order valence-electron chi connectivity index (χ4n) is 3.98. The minimum Gasteiger partial charge on any atom is -0.312 e. The third kappa shape index (κ3) is 1.96. The van der Waals surface area contributed by atoms with Crippen molar-refractivity contribution >= 4 is 10.8 Å². The van der Waals surface area contributed by atoms with Gasteiger partial charge in [-0.1, -0.05) is 42.5 Å². The number of hydrogen-bond acceptors (Lipinski definition) is 3. The molecule has 2 aromatic carbocycles. The van der Waals surface area contributed by atoms with Crippen LogP contribution in [0.15, 0.2) is 47.3 Å². The zero-order valence-corrected chi connectivity index (χ0v) is 13.4. The lowest BCUT2D eigenvalue weighted by Crippen LogP contribution is -2.33. The molecule has 1 saturated carbocycles. The summed E-state index contributed by atoms with van der Waals surface area (Å²) in [6, 6.07) is 14.9. The number of benzene rings is 2. The van der Waals surface area contributed by atoms with Crippen molar-refractivity contribution in [2.75, 3.05) is 6.54 Å². The quantitative estimate of drug-likeness (QED) is 0.764. The smallest absolute Gasteiger partial charge is 0.255 e. The molecule has 0 amide bonds. The highest BCUT2D eigenvalue weighted by atomic mass is 16.1. The Balaban J connectivity index is 1.71. The van der Waals surface area contributed by atoms with Gasteiger partial charge in [0.05, 0.1) is 16.7 Å². The average molecular weight is 317 g/mol. The van der Waals surface area contributed by atoms with Gasteiger partial charge >= 0.3 is 0 Å². The van der Waals surface area contributed by atoms with Gasteiger partial charge in [0, 0.05) is 19.5 Å². The minimum atomic E-state index is -0.125. The van der Waals surface area contributed by atoms with E-state index in [1.807, 2.05) is 0 Å². The van der Waals surface area contributed by atoms with Crippen LogP contribution in [0.4, 0.5) is 0 Å². The Kier molecular flexibility index (Phi) is 2.91. The number of aromatic nitrogens is 2. The number of H-pyrrole nitrogens is 1. The third-order valence-electron chi connectivity index (χ3n) is 5.45. The van der Waals surface area contributed by atoms with Crippen LogP contribution < -0.4 is 10.9 Å². The molecular weight excluding hydrogens is 298 g/mol. The summed E-state index contributed by atoms with van der Waals surface area (Å²) in [5.41, 5.74) is 2.96. The maximum Gasteiger partial charge on any atom is 0.255 e. The molecule has 4 heteroatoms. The summed E-state index contributed by atoms with van der Waals surface area (Å²) in [6.07, 6.45) is 2.92. The Morgan fingerprint density at radius 2 is 1.88 bits per heavy atom. The standard InChI is InChI=1S/C20H19N3O/c24-18-15-12-21-11-8-17(15)22-19(23-18)20(9-10-20)16-7-3-5-13-4-1-2-6-14(13)16/h1-7,21H,8-12H2,(H,22,23,24). The number of rotatable bonds is 2. The van der Waals surface area contributed by atoms with Crippen molar-refractivity contribution < 1.29 is 0 Å². The van der Waals surface area contributed by atoms with E-state index < -0.39 is 0 Å².